The van der Waals surface area contributed by atoms with E-state index in [2.05, 4.69) is 30.2 Å². The van der Waals surface area contributed by atoms with Crippen LogP contribution < -0.4 is 5.73 Å². The minimum absolute atomic E-state index is 0.0741. The van der Waals surface area contributed by atoms with Crippen molar-refractivity contribution in [1.29, 1.82) is 0 Å². The molecule has 0 aliphatic heterocycles. The van der Waals surface area contributed by atoms with Crippen molar-refractivity contribution >= 4 is 40.8 Å². The van der Waals surface area contributed by atoms with Gasteiger partial charge in [0.2, 0.25) is 0 Å². The average Bonchev–Trinajstić information content (AvgIpc) is 1.83. The first-order valence-corrected chi connectivity index (χ1v) is 4.01. The molecule has 0 bridgehead atoms. The number of aliphatic hydroxyl groups excluding tert-OH is 2. The minimum atomic E-state index is -0.833. The van der Waals surface area contributed by atoms with Crippen LogP contribution in [0.5, 0.6) is 0 Å². The number of hydrogen-bond acceptors (Lipinski definition) is 3. The van der Waals surface area contributed by atoms with Crippen LogP contribution in [-0.4, -0.2) is 50.6 Å². The number of aliphatic hydroxyl groups is 2. The zero-order chi connectivity index (χ0) is 12.3. The number of aliphatic carboxylic acids is 1. The molecule has 0 aromatic heterocycles. The SMILES string of the molecule is CC(=O)O.CN(C)C(O)=S.NC(O)=S. The van der Waals surface area contributed by atoms with Crippen LogP contribution in [0.25, 0.3) is 0 Å². The molecule has 0 amide bonds. The minimum Gasteiger partial charge on any atom is -0.487 e. The van der Waals surface area contributed by atoms with Crippen LogP contribution in [0.2, 0.25) is 0 Å². The lowest BCUT2D eigenvalue weighted by atomic mass is 10.9. The van der Waals surface area contributed by atoms with Gasteiger partial charge >= 0.3 is 0 Å². The summed E-state index contributed by atoms with van der Waals surface area (Å²) in [4.78, 5) is 10.5. The van der Waals surface area contributed by atoms with E-state index in [1.807, 2.05) is 0 Å². The first-order valence-electron chi connectivity index (χ1n) is 3.19. The monoisotopic (exact) mass is 242 g/mol. The fraction of sp³-hybridized carbons (Fsp3) is 0.500. The van der Waals surface area contributed by atoms with Crippen molar-refractivity contribution in [3.63, 3.8) is 0 Å². The maximum absolute atomic E-state index is 9.00. The molecule has 0 aromatic carbocycles. The summed E-state index contributed by atoms with van der Waals surface area (Å²) in [5.74, 6) is -0.833. The third-order valence-electron chi connectivity index (χ3n) is 0.383. The van der Waals surface area contributed by atoms with Crippen LogP contribution in [0.4, 0.5) is 0 Å². The van der Waals surface area contributed by atoms with E-state index in [0.717, 1.165) is 6.92 Å². The van der Waals surface area contributed by atoms with Crippen LogP contribution >= 0.6 is 24.4 Å². The number of carboxylic acids is 1. The molecule has 84 valence electrons. The highest BCUT2D eigenvalue weighted by molar-refractivity contribution is 7.80. The van der Waals surface area contributed by atoms with Crippen molar-refractivity contribution in [2.45, 2.75) is 6.92 Å². The van der Waals surface area contributed by atoms with E-state index in [-0.39, 0.29) is 5.17 Å². The van der Waals surface area contributed by atoms with Gasteiger partial charge in [-0.25, -0.2) is 0 Å². The Morgan fingerprint density at radius 1 is 1.21 bits per heavy atom. The highest BCUT2D eigenvalue weighted by Crippen LogP contribution is 1.71. The maximum atomic E-state index is 9.00. The van der Waals surface area contributed by atoms with Crippen molar-refractivity contribution in [3.05, 3.63) is 0 Å². The van der Waals surface area contributed by atoms with E-state index in [4.69, 9.17) is 20.1 Å². The Balaban J connectivity index is -0.000000135. The van der Waals surface area contributed by atoms with Gasteiger partial charge in [-0.3, -0.25) is 4.79 Å². The summed E-state index contributed by atoms with van der Waals surface area (Å²) < 4.78 is 0. The second-order valence-electron chi connectivity index (χ2n) is 2.03. The summed E-state index contributed by atoms with van der Waals surface area (Å²) in [5.41, 5.74) is 4.40. The molecule has 0 rings (SSSR count). The van der Waals surface area contributed by atoms with Crippen molar-refractivity contribution in [2.24, 2.45) is 5.73 Å². The second kappa shape index (κ2) is 11.8. The molecule has 0 saturated heterocycles. The zero-order valence-corrected chi connectivity index (χ0v) is 9.72. The lowest BCUT2D eigenvalue weighted by molar-refractivity contribution is -0.134. The van der Waals surface area contributed by atoms with Gasteiger partial charge in [-0.05, 0) is 24.4 Å². The number of nitrogens with two attached hydrogens (primary N) is 1. The fourth-order valence-corrected chi connectivity index (χ4v) is 0. The lowest BCUT2D eigenvalue weighted by Crippen LogP contribution is -2.17. The summed E-state index contributed by atoms with van der Waals surface area (Å²) in [7, 11) is 3.37. The Hall–Kier alpha value is -1.15. The largest absolute Gasteiger partial charge is 0.487 e. The molecule has 8 heteroatoms. The highest BCUT2D eigenvalue weighted by atomic mass is 32.1. The van der Waals surface area contributed by atoms with Gasteiger partial charge in [0, 0.05) is 21.0 Å². The predicted octanol–water partition coefficient (Wildman–Crippen LogP) is 0.270. The first-order chi connectivity index (χ1) is 6.11. The van der Waals surface area contributed by atoms with Gasteiger partial charge in [0.1, 0.15) is 0 Å². The van der Waals surface area contributed by atoms with Crippen LogP contribution in [0.15, 0.2) is 0 Å². The van der Waals surface area contributed by atoms with E-state index < -0.39 is 11.1 Å². The summed E-state index contributed by atoms with van der Waals surface area (Å²) in [5, 5.41) is 22.7. The van der Waals surface area contributed by atoms with Crippen LogP contribution in [0, 0.1) is 0 Å². The number of nitrogens with zero attached hydrogens (tertiary/aromatic N) is 1. The molecule has 14 heavy (non-hydrogen) atoms. The second-order valence-corrected chi connectivity index (χ2v) is 2.82. The van der Waals surface area contributed by atoms with Gasteiger partial charge in [-0.2, -0.15) is 0 Å². The summed E-state index contributed by atoms with van der Waals surface area (Å²) in [6, 6.07) is 0. The molecular weight excluding hydrogens is 228 g/mol. The van der Waals surface area contributed by atoms with E-state index in [1.54, 1.807) is 14.1 Å². The molecule has 0 aliphatic rings. The molecule has 0 atom stereocenters. The Kier molecular flexibility index (Phi) is 15.7. The van der Waals surface area contributed by atoms with Gasteiger partial charge in [0.05, 0.1) is 0 Å². The molecule has 0 aromatic rings. The summed E-state index contributed by atoms with van der Waals surface area (Å²) >= 11 is 8.17. The van der Waals surface area contributed by atoms with Crippen molar-refractivity contribution in [1.82, 2.24) is 4.90 Å². The van der Waals surface area contributed by atoms with Crippen molar-refractivity contribution < 1.29 is 20.1 Å². The smallest absolute Gasteiger partial charge is 0.300 e. The third-order valence-corrected chi connectivity index (χ3v) is 0.748. The van der Waals surface area contributed by atoms with E-state index in [9.17, 15) is 0 Å². The Bertz CT molecular complexity index is 176. The molecule has 0 saturated carbocycles. The van der Waals surface area contributed by atoms with E-state index >= 15 is 0 Å². The molecule has 6 nitrogen and oxygen atoms in total. The van der Waals surface area contributed by atoms with Gasteiger partial charge in [0.15, 0.2) is 0 Å². The number of carboxylic acid groups (broad SMARTS) is 1. The van der Waals surface area contributed by atoms with Gasteiger partial charge < -0.3 is 26.0 Å². The lowest BCUT2D eigenvalue weighted by Gasteiger charge is -2.03. The quantitative estimate of drug-likeness (QED) is 0.448. The number of hydrogen-bond donors (Lipinski definition) is 4. The third kappa shape index (κ3) is 130. The fourth-order valence-electron chi connectivity index (χ4n) is 0. The van der Waals surface area contributed by atoms with Crippen molar-refractivity contribution in [2.75, 3.05) is 14.1 Å². The zero-order valence-electron chi connectivity index (χ0n) is 8.09. The molecule has 0 aliphatic carbocycles. The molecule has 0 fully saturated rings. The molecule has 0 radical (unpaired) electrons. The molecular formula is C6H14N2O4S2. The molecule has 0 spiro atoms. The number of thiocarbonyl (C=S) groups is 2. The number of carbonyl (C=O) groups is 1. The van der Waals surface area contributed by atoms with E-state index in [1.165, 1.54) is 4.90 Å². The van der Waals surface area contributed by atoms with Gasteiger partial charge in [-0.15, -0.1) is 0 Å². The average molecular weight is 242 g/mol. The van der Waals surface area contributed by atoms with Crippen LogP contribution in [0.3, 0.4) is 0 Å². The molecule has 5 N–H and O–H groups in total. The maximum Gasteiger partial charge on any atom is 0.300 e. The topological polar surface area (TPSA) is 107 Å². The first kappa shape index (κ1) is 18.6. The Morgan fingerprint density at radius 2 is 1.29 bits per heavy atom. The Labute approximate surface area is 92.9 Å². The number of rotatable bonds is 0. The highest BCUT2D eigenvalue weighted by Gasteiger charge is 1.86. The summed E-state index contributed by atoms with van der Waals surface area (Å²) in [6.07, 6.45) is 0. The van der Waals surface area contributed by atoms with Crippen molar-refractivity contribution in [3.8, 4) is 0 Å². The summed E-state index contributed by atoms with van der Waals surface area (Å²) in [6.45, 7) is 1.08. The Morgan fingerprint density at radius 3 is 1.29 bits per heavy atom. The van der Waals surface area contributed by atoms with E-state index in [0.29, 0.717) is 0 Å². The van der Waals surface area contributed by atoms with Crippen LogP contribution in [-0.2, 0) is 4.79 Å². The van der Waals surface area contributed by atoms with Gasteiger partial charge in [0.25, 0.3) is 16.3 Å². The normalized spacial score (nSPS) is 6.79. The molecule has 0 heterocycles. The molecule has 0 unspecified atom stereocenters. The van der Waals surface area contributed by atoms with Gasteiger partial charge in [-0.1, -0.05) is 0 Å². The standard InChI is InChI=1S/C3H7NOS.C2H4O2.CH3NOS/c1-4(2)3(5)6;1-2(3)4;2-1(3)4/h1-2H3,(H,5,6);1H3,(H,3,4);(H3,2,3,4). The predicted molar refractivity (Wildman–Crippen MR) is 61.6 cm³/mol. The van der Waals surface area contributed by atoms with Crippen LogP contribution in [0.1, 0.15) is 6.92 Å².